The van der Waals surface area contributed by atoms with Crippen molar-refractivity contribution in [2.45, 2.75) is 5.79 Å². The molecular weight excluding hydrogens is 636 g/mol. The Morgan fingerprint density at radius 1 is 0.667 bits per heavy atom. The number of phenolic OH excluding ortho intramolecular Hbond substituents is 2. The molecule has 0 fully saturated rings. The van der Waals surface area contributed by atoms with Gasteiger partial charge in [-0.3, -0.25) is 0 Å². The standard InChI is InChI=1S/C21H15BrO4.C8H7BrO4/c1-24-20(23)16-12-18-19(13-17(16)22)26-21(25-18,14-8-4-2-5-9-14)15-10-6-3-7-11-15;1-13-8(12)4-2-6(10)7(11)3-5(4)9/h2-13H,1H3;2-3,10-11H,1H3. The topological polar surface area (TPSA) is 112 Å². The van der Waals surface area contributed by atoms with Crippen LogP contribution < -0.4 is 9.47 Å². The van der Waals surface area contributed by atoms with E-state index in [0.29, 0.717) is 26.0 Å². The molecule has 0 aliphatic carbocycles. The number of aromatic hydroxyl groups is 2. The first-order valence-corrected chi connectivity index (χ1v) is 13.0. The number of carbonyl (C=O) groups excluding carboxylic acids is 2. The van der Waals surface area contributed by atoms with Crippen LogP contribution in [0.5, 0.6) is 23.0 Å². The molecule has 0 atom stereocenters. The van der Waals surface area contributed by atoms with Crippen molar-refractivity contribution >= 4 is 43.8 Å². The largest absolute Gasteiger partial charge is 0.504 e. The molecule has 1 heterocycles. The molecular formula is C29H22Br2O8. The van der Waals surface area contributed by atoms with Gasteiger partial charge in [0.25, 0.3) is 0 Å². The predicted octanol–water partition coefficient (Wildman–Crippen LogP) is 6.56. The van der Waals surface area contributed by atoms with Gasteiger partial charge in [0.2, 0.25) is 0 Å². The van der Waals surface area contributed by atoms with E-state index < -0.39 is 17.7 Å². The molecule has 0 amide bonds. The van der Waals surface area contributed by atoms with E-state index >= 15 is 0 Å². The molecule has 0 unspecified atom stereocenters. The fraction of sp³-hybridized carbons (Fsp3) is 0.103. The van der Waals surface area contributed by atoms with Crippen LogP contribution in [0.25, 0.3) is 0 Å². The van der Waals surface area contributed by atoms with Crippen molar-refractivity contribution in [3.05, 3.63) is 116 Å². The summed E-state index contributed by atoms with van der Waals surface area (Å²) in [7, 11) is 2.58. The molecule has 200 valence electrons. The Hall–Kier alpha value is -4.02. The summed E-state index contributed by atoms with van der Waals surface area (Å²) in [6, 6.07) is 25.2. The molecule has 4 aromatic rings. The minimum atomic E-state index is -1.11. The molecule has 39 heavy (non-hydrogen) atoms. The van der Waals surface area contributed by atoms with Crippen LogP contribution in [0.15, 0.2) is 93.9 Å². The second-order valence-corrected chi connectivity index (χ2v) is 9.84. The lowest BCUT2D eigenvalue weighted by Crippen LogP contribution is -2.36. The van der Waals surface area contributed by atoms with Crippen LogP contribution in [-0.4, -0.2) is 36.4 Å². The highest BCUT2D eigenvalue weighted by molar-refractivity contribution is 9.10. The van der Waals surface area contributed by atoms with Gasteiger partial charge in [0.15, 0.2) is 23.0 Å². The van der Waals surface area contributed by atoms with E-state index in [-0.39, 0.29) is 17.1 Å². The monoisotopic (exact) mass is 656 g/mol. The number of methoxy groups -OCH3 is 2. The molecule has 5 rings (SSSR count). The fourth-order valence-electron chi connectivity index (χ4n) is 3.83. The van der Waals surface area contributed by atoms with E-state index in [0.717, 1.165) is 17.2 Å². The van der Waals surface area contributed by atoms with Gasteiger partial charge in [-0.25, -0.2) is 9.59 Å². The Morgan fingerprint density at radius 3 is 1.56 bits per heavy atom. The minimum absolute atomic E-state index is 0.165. The number of esters is 2. The third kappa shape index (κ3) is 5.71. The van der Waals surface area contributed by atoms with Gasteiger partial charge in [-0.15, -0.1) is 0 Å². The van der Waals surface area contributed by atoms with Crippen LogP contribution in [0, 0.1) is 0 Å². The van der Waals surface area contributed by atoms with Gasteiger partial charge in [0, 0.05) is 20.1 Å². The lowest BCUT2D eigenvalue weighted by atomic mass is 9.97. The van der Waals surface area contributed by atoms with Gasteiger partial charge in [0.05, 0.1) is 25.3 Å². The summed E-state index contributed by atoms with van der Waals surface area (Å²) in [5.74, 6) is -1.75. The lowest BCUT2D eigenvalue weighted by Gasteiger charge is -2.28. The lowest BCUT2D eigenvalue weighted by molar-refractivity contribution is -0.0459. The van der Waals surface area contributed by atoms with Crippen LogP contribution >= 0.6 is 31.9 Å². The molecule has 1 aliphatic rings. The van der Waals surface area contributed by atoms with Crippen LogP contribution in [0.3, 0.4) is 0 Å². The fourth-order valence-corrected chi connectivity index (χ4v) is 4.80. The molecule has 0 saturated heterocycles. The Morgan fingerprint density at radius 2 is 1.08 bits per heavy atom. The molecule has 2 N–H and O–H groups in total. The van der Waals surface area contributed by atoms with Gasteiger partial charge in [0.1, 0.15) is 0 Å². The highest BCUT2D eigenvalue weighted by Gasteiger charge is 2.45. The second kappa shape index (κ2) is 11.8. The number of fused-ring (bicyclic) bond motifs is 1. The maximum atomic E-state index is 12.0. The number of hydrogen-bond acceptors (Lipinski definition) is 8. The van der Waals surface area contributed by atoms with Gasteiger partial charge in [-0.2, -0.15) is 0 Å². The van der Waals surface area contributed by atoms with Crippen molar-refractivity contribution in [2.24, 2.45) is 0 Å². The zero-order valence-electron chi connectivity index (χ0n) is 20.7. The quantitative estimate of drug-likeness (QED) is 0.188. The summed E-state index contributed by atoms with van der Waals surface area (Å²) >= 11 is 6.46. The molecule has 4 aromatic carbocycles. The van der Waals surface area contributed by atoms with E-state index in [1.165, 1.54) is 20.3 Å². The summed E-state index contributed by atoms with van der Waals surface area (Å²) < 4.78 is 22.9. The average molecular weight is 658 g/mol. The maximum Gasteiger partial charge on any atom is 0.339 e. The Kier molecular flexibility index (Phi) is 8.47. The molecule has 10 heteroatoms. The number of ether oxygens (including phenoxy) is 4. The summed E-state index contributed by atoms with van der Waals surface area (Å²) in [6.45, 7) is 0. The normalized spacial score (nSPS) is 12.6. The number of halogens is 2. The summed E-state index contributed by atoms with van der Waals surface area (Å²) in [5.41, 5.74) is 2.26. The van der Waals surface area contributed by atoms with Gasteiger partial charge in [-0.1, -0.05) is 60.7 Å². The maximum absolute atomic E-state index is 12.0. The first-order chi connectivity index (χ1) is 18.7. The highest BCUT2D eigenvalue weighted by Crippen LogP contribution is 2.49. The number of carbonyl (C=O) groups is 2. The molecule has 0 radical (unpaired) electrons. The van der Waals surface area contributed by atoms with Crippen molar-refractivity contribution in [3.8, 4) is 23.0 Å². The van der Waals surface area contributed by atoms with Crippen LogP contribution in [-0.2, 0) is 15.3 Å². The number of rotatable bonds is 4. The molecule has 0 bridgehead atoms. The smallest absolute Gasteiger partial charge is 0.339 e. The number of hydrogen-bond donors (Lipinski definition) is 2. The molecule has 1 aliphatic heterocycles. The van der Waals surface area contributed by atoms with E-state index in [1.54, 1.807) is 12.1 Å². The first kappa shape index (κ1) is 28.0. The van der Waals surface area contributed by atoms with E-state index in [1.807, 2.05) is 60.7 Å². The van der Waals surface area contributed by atoms with Gasteiger partial charge >= 0.3 is 17.7 Å². The predicted molar refractivity (Wildman–Crippen MR) is 149 cm³/mol. The zero-order chi connectivity index (χ0) is 28.2. The van der Waals surface area contributed by atoms with E-state index in [2.05, 4.69) is 36.6 Å². The average Bonchev–Trinajstić information content (AvgIpc) is 3.34. The van der Waals surface area contributed by atoms with Crippen molar-refractivity contribution in [2.75, 3.05) is 14.2 Å². The Labute approximate surface area is 241 Å². The van der Waals surface area contributed by atoms with Crippen LogP contribution in [0.2, 0.25) is 0 Å². The van der Waals surface area contributed by atoms with Crippen LogP contribution in [0.4, 0.5) is 0 Å². The third-order valence-corrected chi connectivity index (χ3v) is 7.04. The van der Waals surface area contributed by atoms with Crippen molar-refractivity contribution in [1.29, 1.82) is 0 Å². The molecule has 8 nitrogen and oxygen atoms in total. The summed E-state index contributed by atoms with van der Waals surface area (Å²) in [5, 5.41) is 18.1. The molecule has 0 saturated carbocycles. The zero-order valence-corrected chi connectivity index (χ0v) is 23.9. The minimum Gasteiger partial charge on any atom is -0.504 e. The number of phenols is 2. The van der Waals surface area contributed by atoms with Crippen molar-refractivity contribution < 1.29 is 38.7 Å². The highest BCUT2D eigenvalue weighted by atomic mass is 79.9. The van der Waals surface area contributed by atoms with Crippen molar-refractivity contribution in [3.63, 3.8) is 0 Å². The van der Waals surface area contributed by atoms with E-state index in [4.69, 9.17) is 24.4 Å². The molecule has 0 spiro atoms. The van der Waals surface area contributed by atoms with Gasteiger partial charge < -0.3 is 29.2 Å². The Balaban J connectivity index is 0.000000229. The van der Waals surface area contributed by atoms with Gasteiger partial charge in [-0.05, 0) is 56.1 Å². The van der Waals surface area contributed by atoms with Crippen molar-refractivity contribution in [1.82, 2.24) is 0 Å². The Bertz CT molecular complexity index is 1470. The number of benzene rings is 4. The van der Waals surface area contributed by atoms with Crippen LogP contribution in [0.1, 0.15) is 31.8 Å². The summed E-state index contributed by atoms with van der Waals surface area (Å²) in [6.07, 6.45) is 0. The second-order valence-electron chi connectivity index (χ2n) is 8.14. The molecule has 0 aromatic heterocycles. The first-order valence-electron chi connectivity index (χ1n) is 11.4. The third-order valence-electron chi connectivity index (χ3n) is 5.72. The SMILES string of the molecule is COC(=O)c1cc(O)c(O)cc1Br.COC(=O)c1cc2c(cc1Br)OC(c1ccccc1)(c1ccccc1)O2. The van der Waals surface area contributed by atoms with E-state index in [9.17, 15) is 9.59 Å². The summed E-state index contributed by atoms with van der Waals surface area (Å²) in [4.78, 5) is 23.0.